The number of thioether (sulfide) groups is 1. The highest BCUT2D eigenvalue weighted by molar-refractivity contribution is 8.02. The maximum absolute atomic E-state index is 14.7. The van der Waals surface area contributed by atoms with Crippen LogP contribution < -0.4 is 4.90 Å². The van der Waals surface area contributed by atoms with Gasteiger partial charge in [0.05, 0.1) is 16.6 Å². The minimum atomic E-state index is -0.647. The first-order valence-electron chi connectivity index (χ1n) is 15.8. The van der Waals surface area contributed by atoms with E-state index in [4.69, 9.17) is 0 Å². The van der Waals surface area contributed by atoms with Crippen LogP contribution >= 0.6 is 11.8 Å². The zero-order valence-electron chi connectivity index (χ0n) is 25.6. The molecule has 3 heterocycles. The Labute approximate surface area is 256 Å². The summed E-state index contributed by atoms with van der Waals surface area (Å²) in [7, 11) is 0. The zero-order chi connectivity index (χ0) is 30.4. The topological polar surface area (TPSA) is 81.2 Å². The second-order valence-corrected chi connectivity index (χ2v) is 13.8. The van der Waals surface area contributed by atoms with E-state index >= 15 is 0 Å². The normalized spacial score (nSPS) is 28.4. The molecule has 0 saturated carbocycles. The van der Waals surface area contributed by atoms with Gasteiger partial charge in [0.25, 0.3) is 0 Å². The maximum Gasteiger partial charge on any atom is 0.247 e. The average Bonchev–Trinajstić information content (AvgIpc) is 3.58. The zero-order valence-corrected chi connectivity index (χ0v) is 26.4. The Bertz CT molecular complexity index is 1130. The third kappa shape index (κ3) is 5.81. The molecule has 4 rings (SSSR count). The Morgan fingerprint density at radius 2 is 1.81 bits per heavy atom. The van der Waals surface area contributed by atoms with Crippen molar-refractivity contribution in [3.05, 3.63) is 55.6 Å². The Kier molecular flexibility index (Phi) is 11.0. The predicted molar refractivity (Wildman–Crippen MR) is 171 cm³/mol. The first-order valence-corrected chi connectivity index (χ1v) is 16.6. The number of aliphatic hydroxyl groups excluding tert-OH is 1. The number of para-hydroxylation sites is 1. The van der Waals surface area contributed by atoms with Gasteiger partial charge in [0.2, 0.25) is 17.7 Å². The molecule has 0 radical (unpaired) electrons. The van der Waals surface area contributed by atoms with Crippen molar-refractivity contribution < 1.29 is 19.5 Å². The molecule has 42 heavy (non-hydrogen) atoms. The monoisotopic (exact) mass is 595 g/mol. The van der Waals surface area contributed by atoms with Gasteiger partial charge in [-0.3, -0.25) is 14.4 Å². The van der Waals surface area contributed by atoms with Gasteiger partial charge in [-0.25, -0.2) is 0 Å². The molecule has 1 aromatic carbocycles. The number of aliphatic hydroxyl groups is 1. The molecule has 1 aromatic rings. The molecule has 7 atom stereocenters. The Hall–Kier alpha value is -2.58. The third-order valence-electron chi connectivity index (χ3n) is 9.56. The van der Waals surface area contributed by atoms with Gasteiger partial charge in [-0.2, -0.15) is 0 Å². The van der Waals surface area contributed by atoms with E-state index in [0.29, 0.717) is 19.6 Å². The summed E-state index contributed by atoms with van der Waals surface area (Å²) in [5, 5.41) is 9.22. The van der Waals surface area contributed by atoms with Crippen LogP contribution in [0.2, 0.25) is 0 Å². The van der Waals surface area contributed by atoms with Gasteiger partial charge in [-0.05, 0) is 50.7 Å². The minimum Gasteiger partial charge on any atom is -0.396 e. The molecule has 230 valence electrons. The predicted octanol–water partition coefficient (Wildman–Crippen LogP) is 5.30. The largest absolute Gasteiger partial charge is 0.396 e. The number of rotatable bonds is 16. The van der Waals surface area contributed by atoms with Crippen molar-refractivity contribution >= 4 is 35.2 Å². The minimum absolute atomic E-state index is 0.0128. The molecule has 3 amide bonds. The molecule has 1 N–H and O–H groups in total. The van der Waals surface area contributed by atoms with Gasteiger partial charge in [0.15, 0.2) is 0 Å². The van der Waals surface area contributed by atoms with Crippen LogP contribution in [0.5, 0.6) is 0 Å². The molecular formula is C34H49N3O4S. The number of likely N-dealkylation sites (tertiary alicyclic amines) is 1. The van der Waals surface area contributed by atoms with Gasteiger partial charge in [0.1, 0.15) is 6.04 Å². The van der Waals surface area contributed by atoms with Crippen molar-refractivity contribution in [1.82, 2.24) is 9.80 Å². The fraction of sp³-hybridized carbons (Fsp3) is 0.618. The van der Waals surface area contributed by atoms with E-state index in [-0.39, 0.29) is 41.5 Å². The molecule has 0 aliphatic carbocycles. The number of hydrogen-bond acceptors (Lipinski definition) is 5. The average molecular weight is 596 g/mol. The quantitative estimate of drug-likeness (QED) is 0.207. The standard InChI is InChI=1S/C34H49N3O4S/c1-6-16-25(5)35(19-7-2)33(41)30-34-24(4)23-27(42-34)28(29(34)32(40)37(30)21-14-9-10-15-22-38)31(39)36(20-8-3)26-17-12-11-13-18-26/h7-8,11-13,17-18,24-25,27-30,38H,2-3,6,9-10,14-16,19-23H2,1,4-5H3/t24?,25?,27-,28+,29-,30?,34?/m0/s1. The van der Waals surface area contributed by atoms with Crippen LogP contribution in [0.25, 0.3) is 0 Å². The number of hydrogen-bond donors (Lipinski definition) is 1. The molecule has 3 aliphatic rings. The highest BCUT2D eigenvalue weighted by Crippen LogP contribution is 2.69. The van der Waals surface area contributed by atoms with Gasteiger partial charge < -0.3 is 19.8 Å². The highest BCUT2D eigenvalue weighted by atomic mass is 32.2. The molecule has 7 nitrogen and oxygen atoms in total. The number of carbonyl (C=O) groups is 3. The van der Waals surface area contributed by atoms with Gasteiger partial charge >= 0.3 is 0 Å². The van der Waals surface area contributed by atoms with Crippen LogP contribution in [0.15, 0.2) is 55.6 Å². The molecule has 0 aromatic heterocycles. The summed E-state index contributed by atoms with van der Waals surface area (Å²) >= 11 is 1.73. The summed E-state index contributed by atoms with van der Waals surface area (Å²) in [6.07, 6.45) is 9.39. The van der Waals surface area contributed by atoms with Gasteiger partial charge in [-0.1, -0.05) is 63.5 Å². The fourth-order valence-corrected chi connectivity index (χ4v) is 10.1. The Balaban J connectivity index is 1.74. The summed E-state index contributed by atoms with van der Waals surface area (Å²) in [5.74, 6) is -1.03. The van der Waals surface area contributed by atoms with Gasteiger partial charge in [-0.15, -0.1) is 24.9 Å². The lowest BCUT2D eigenvalue weighted by Gasteiger charge is -2.42. The highest BCUT2D eigenvalue weighted by Gasteiger charge is 2.76. The number of amides is 3. The van der Waals surface area contributed by atoms with E-state index in [1.54, 1.807) is 28.8 Å². The van der Waals surface area contributed by atoms with Crippen molar-refractivity contribution in [2.75, 3.05) is 31.1 Å². The summed E-state index contributed by atoms with van der Waals surface area (Å²) in [6.45, 7) is 15.6. The van der Waals surface area contributed by atoms with Crippen molar-refractivity contribution in [3.8, 4) is 0 Å². The molecule has 3 aliphatic heterocycles. The van der Waals surface area contributed by atoms with Crippen molar-refractivity contribution in [1.29, 1.82) is 0 Å². The number of carbonyl (C=O) groups excluding carboxylic acids is 3. The van der Waals surface area contributed by atoms with Crippen LogP contribution in [0, 0.1) is 17.8 Å². The lowest BCUT2D eigenvalue weighted by atomic mass is 9.65. The van der Waals surface area contributed by atoms with Crippen molar-refractivity contribution in [2.45, 2.75) is 87.8 Å². The number of fused-ring (bicyclic) bond motifs is 1. The van der Waals surface area contributed by atoms with E-state index in [2.05, 4.69) is 33.9 Å². The second kappa shape index (κ2) is 14.3. The molecule has 8 heteroatoms. The van der Waals surface area contributed by atoms with E-state index in [9.17, 15) is 19.5 Å². The molecule has 1 spiro atoms. The summed E-state index contributed by atoms with van der Waals surface area (Å²) < 4.78 is -0.647. The summed E-state index contributed by atoms with van der Waals surface area (Å²) in [5.41, 5.74) is 0.793. The van der Waals surface area contributed by atoms with E-state index < -0.39 is 22.6 Å². The van der Waals surface area contributed by atoms with Crippen LogP contribution in [-0.4, -0.2) is 80.9 Å². The molecule has 3 saturated heterocycles. The van der Waals surface area contributed by atoms with Gasteiger partial charge in [0, 0.05) is 43.2 Å². The van der Waals surface area contributed by atoms with Crippen molar-refractivity contribution in [2.24, 2.45) is 17.8 Å². The van der Waals surface area contributed by atoms with E-state index in [0.717, 1.165) is 50.6 Å². The SMILES string of the molecule is C=CCN(C(=O)[C@@H]1[C@@H]2CC(C)C3(S2)C(C(=O)N(CC=C)C(C)CCC)N(CCCCCCO)C(=O)[C@H]13)c1ccccc1. The van der Waals surface area contributed by atoms with E-state index in [1.807, 2.05) is 40.1 Å². The molecule has 4 unspecified atom stereocenters. The van der Waals surface area contributed by atoms with Crippen molar-refractivity contribution in [3.63, 3.8) is 0 Å². The third-order valence-corrected chi connectivity index (χ3v) is 11.6. The molecular weight excluding hydrogens is 546 g/mol. The molecule has 2 bridgehead atoms. The van der Waals surface area contributed by atoms with Crippen LogP contribution in [-0.2, 0) is 14.4 Å². The number of nitrogens with zero attached hydrogens (tertiary/aromatic N) is 3. The maximum atomic E-state index is 14.7. The lowest BCUT2D eigenvalue weighted by molar-refractivity contribution is -0.144. The summed E-state index contributed by atoms with van der Waals surface area (Å²) in [4.78, 5) is 49.2. The van der Waals surface area contributed by atoms with Crippen LogP contribution in [0.3, 0.4) is 0 Å². The summed E-state index contributed by atoms with van der Waals surface area (Å²) in [6, 6.07) is 9.01. The Morgan fingerprint density at radius 1 is 1.12 bits per heavy atom. The number of benzene rings is 1. The lowest BCUT2D eigenvalue weighted by Crippen LogP contribution is -2.58. The fourth-order valence-electron chi connectivity index (χ4n) is 7.67. The first kappa shape index (κ1) is 32.3. The Morgan fingerprint density at radius 3 is 2.45 bits per heavy atom. The first-order chi connectivity index (χ1) is 20.3. The number of unbranched alkanes of at least 4 members (excludes halogenated alkanes) is 3. The molecule has 3 fully saturated rings. The number of anilines is 1. The van der Waals surface area contributed by atoms with Crippen LogP contribution in [0.1, 0.15) is 65.7 Å². The second-order valence-electron chi connectivity index (χ2n) is 12.2. The smallest absolute Gasteiger partial charge is 0.247 e. The van der Waals surface area contributed by atoms with E-state index in [1.165, 1.54) is 0 Å². The van der Waals surface area contributed by atoms with Crippen LogP contribution in [0.4, 0.5) is 5.69 Å².